The fourth-order valence-corrected chi connectivity index (χ4v) is 6.01. The van der Waals surface area contributed by atoms with Crippen LogP contribution < -0.4 is 0 Å². The average molecular weight is 529 g/mol. The van der Waals surface area contributed by atoms with Gasteiger partial charge in [-0.05, 0) is 54.2 Å². The van der Waals surface area contributed by atoms with Crippen LogP contribution in [0.3, 0.4) is 0 Å². The zero-order valence-corrected chi connectivity index (χ0v) is 21.7. The Morgan fingerprint density at radius 1 is 1.24 bits per heavy atom. The number of methoxy groups -OCH3 is 1. The van der Waals surface area contributed by atoms with Crippen LogP contribution in [0.4, 0.5) is 0 Å². The van der Waals surface area contributed by atoms with Gasteiger partial charge in [0.2, 0.25) is 0 Å². The van der Waals surface area contributed by atoms with Crippen molar-refractivity contribution in [3.8, 4) is 11.3 Å². The number of hydrogen-bond acceptors (Lipinski definition) is 5. The third-order valence-corrected chi connectivity index (χ3v) is 7.87. The van der Waals surface area contributed by atoms with Crippen molar-refractivity contribution in [2.24, 2.45) is 5.41 Å². The van der Waals surface area contributed by atoms with Crippen LogP contribution in [0.2, 0.25) is 0 Å². The molecular formula is C27H33BrN2O4. The summed E-state index contributed by atoms with van der Waals surface area (Å²) in [6.07, 6.45) is 3.74. The van der Waals surface area contributed by atoms with E-state index in [1.807, 2.05) is 12.3 Å². The maximum absolute atomic E-state index is 10.4. The quantitative estimate of drug-likeness (QED) is 0.440. The molecule has 1 aliphatic heterocycles. The summed E-state index contributed by atoms with van der Waals surface area (Å²) in [7, 11) is 1.74. The highest BCUT2D eigenvalue weighted by molar-refractivity contribution is 9.10. The summed E-state index contributed by atoms with van der Waals surface area (Å²) in [5.74, 6) is -0.0608. The van der Waals surface area contributed by atoms with Crippen molar-refractivity contribution in [3.05, 3.63) is 52.3 Å². The molecular weight excluding hydrogens is 496 g/mol. The van der Waals surface area contributed by atoms with Gasteiger partial charge in [0.1, 0.15) is 6.10 Å². The van der Waals surface area contributed by atoms with Crippen LogP contribution in [-0.2, 0) is 20.8 Å². The smallest absolute Gasteiger partial charge is 0.107 e. The van der Waals surface area contributed by atoms with E-state index in [1.54, 1.807) is 7.11 Å². The topological polar surface area (TPSA) is 65.7 Å². The van der Waals surface area contributed by atoms with Gasteiger partial charge >= 0.3 is 0 Å². The molecule has 0 radical (unpaired) electrons. The monoisotopic (exact) mass is 528 g/mol. The predicted molar refractivity (Wildman–Crippen MR) is 136 cm³/mol. The zero-order valence-electron chi connectivity index (χ0n) is 20.1. The number of nitrogens with zero attached hydrogens (tertiary/aromatic N) is 2. The fraction of sp³-hybridized carbons (Fsp3) is 0.519. The van der Waals surface area contributed by atoms with Crippen LogP contribution in [0.1, 0.15) is 50.0 Å². The van der Waals surface area contributed by atoms with Crippen molar-refractivity contribution in [1.29, 1.82) is 0 Å². The highest BCUT2D eigenvalue weighted by Gasteiger charge is 2.46. The minimum absolute atomic E-state index is 0.0483. The first-order chi connectivity index (χ1) is 16.5. The number of fused-ring (bicyclic) bond motifs is 5. The van der Waals surface area contributed by atoms with Gasteiger partial charge in [0.25, 0.3) is 0 Å². The summed E-state index contributed by atoms with van der Waals surface area (Å²) >= 11 is 3.69. The molecule has 1 unspecified atom stereocenters. The van der Waals surface area contributed by atoms with Crippen molar-refractivity contribution < 1.29 is 19.3 Å². The Morgan fingerprint density at radius 3 is 2.76 bits per heavy atom. The second-order valence-electron chi connectivity index (χ2n) is 9.97. The average Bonchev–Trinajstić information content (AvgIpc) is 3.17. The second kappa shape index (κ2) is 9.70. The van der Waals surface area contributed by atoms with Crippen LogP contribution in [0, 0.1) is 5.41 Å². The van der Waals surface area contributed by atoms with Crippen LogP contribution in [0.15, 0.2) is 41.0 Å². The molecule has 5 rings (SSSR count). The Morgan fingerprint density at radius 2 is 2.03 bits per heavy atom. The van der Waals surface area contributed by atoms with E-state index in [4.69, 9.17) is 19.2 Å². The number of aromatic nitrogens is 2. The minimum Gasteiger partial charge on any atom is -0.396 e. The van der Waals surface area contributed by atoms with E-state index >= 15 is 0 Å². The molecule has 1 aromatic carbocycles. The number of rotatable bonds is 7. The summed E-state index contributed by atoms with van der Waals surface area (Å²) in [5.41, 5.74) is 5.14. The van der Waals surface area contributed by atoms with Crippen molar-refractivity contribution in [2.45, 2.75) is 51.4 Å². The highest BCUT2D eigenvalue weighted by Crippen LogP contribution is 2.56. The fourth-order valence-electron chi connectivity index (χ4n) is 5.64. The van der Waals surface area contributed by atoms with Crippen LogP contribution in [0.25, 0.3) is 22.2 Å². The van der Waals surface area contributed by atoms with E-state index in [0.717, 1.165) is 59.5 Å². The highest BCUT2D eigenvalue weighted by atomic mass is 79.9. The minimum atomic E-state index is -0.412. The predicted octanol–water partition coefficient (Wildman–Crippen LogP) is 5.46. The third-order valence-electron chi connectivity index (χ3n) is 7.38. The number of hydrogen-bond donors (Lipinski definition) is 1. The molecule has 3 heterocycles. The maximum Gasteiger partial charge on any atom is 0.107 e. The molecule has 0 saturated carbocycles. The number of ether oxygens (including phenoxy) is 3. The second-order valence-corrected chi connectivity index (χ2v) is 10.9. The number of benzene rings is 1. The van der Waals surface area contributed by atoms with Crippen LogP contribution in [-0.4, -0.2) is 54.3 Å². The van der Waals surface area contributed by atoms with Gasteiger partial charge in [-0.3, -0.25) is 4.98 Å². The van der Waals surface area contributed by atoms with Gasteiger partial charge in [-0.15, -0.1) is 0 Å². The van der Waals surface area contributed by atoms with Gasteiger partial charge in [-0.1, -0.05) is 29.8 Å². The molecule has 1 aliphatic carbocycles. The maximum atomic E-state index is 10.4. The van der Waals surface area contributed by atoms with E-state index in [1.165, 1.54) is 10.9 Å². The SMILES string of the molecule is CO[C@@H]1c2ncccc2-c2c(c3cc(Br)ccc3n2CCOC2CCOCC2)C1C(C)(C)CO. The molecule has 182 valence electrons. The van der Waals surface area contributed by atoms with E-state index in [9.17, 15) is 5.11 Å². The number of pyridine rings is 1. The van der Waals surface area contributed by atoms with Crippen molar-refractivity contribution >= 4 is 26.8 Å². The molecule has 7 heteroatoms. The lowest BCUT2D eigenvalue weighted by atomic mass is 9.67. The Kier molecular flexibility index (Phi) is 6.84. The molecule has 0 bridgehead atoms. The van der Waals surface area contributed by atoms with Gasteiger partial charge in [0.15, 0.2) is 0 Å². The molecule has 2 aliphatic rings. The molecule has 0 spiro atoms. The molecule has 1 N–H and O–H groups in total. The molecule has 0 amide bonds. The van der Waals surface area contributed by atoms with E-state index < -0.39 is 5.41 Å². The van der Waals surface area contributed by atoms with Gasteiger partial charge in [-0.25, -0.2) is 0 Å². The molecule has 2 atom stereocenters. The number of aliphatic hydroxyl groups excluding tert-OH is 1. The Bertz CT molecular complexity index is 1170. The third kappa shape index (κ3) is 4.11. The Balaban J connectivity index is 1.68. The Hall–Kier alpha value is -1.77. The lowest BCUT2D eigenvalue weighted by molar-refractivity contribution is -0.0336. The van der Waals surface area contributed by atoms with Crippen LogP contribution in [0.5, 0.6) is 0 Å². The molecule has 6 nitrogen and oxygen atoms in total. The van der Waals surface area contributed by atoms with Crippen molar-refractivity contribution in [2.75, 3.05) is 33.5 Å². The van der Waals surface area contributed by atoms with Gasteiger partial charge in [-0.2, -0.15) is 0 Å². The lowest BCUT2D eigenvalue weighted by Crippen LogP contribution is -2.34. The van der Waals surface area contributed by atoms with Crippen LogP contribution >= 0.6 is 15.9 Å². The van der Waals surface area contributed by atoms with E-state index in [0.29, 0.717) is 6.61 Å². The molecule has 1 fully saturated rings. The summed E-state index contributed by atoms with van der Waals surface area (Å²) in [5, 5.41) is 11.6. The number of aliphatic hydroxyl groups is 1. The molecule has 1 saturated heterocycles. The van der Waals surface area contributed by atoms with Gasteiger partial charge in [0, 0.05) is 66.5 Å². The number of halogens is 1. The lowest BCUT2D eigenvalue weighted by Gasteiger charge is -2.41. The summed E-state index contributed by atoms with van der Waals surface area (Å²) in [6, 6.07) is 10.6. The van der Waals surface area contributed by atoms with E-state index in [2.05, 4.69) is 58.6 Å². The van der Waals surface area contributed by atoms with Gasteiger partial charge in [0.05, 0.1) is 24.1 Å². The zero-order chi connectivity index (χ0) is 23.9. The molecule has 3 aromatic rings. The van der Waals surface area contributed by atoms with Gasteiger partial charge < -0.3 is 23.9 Å². The molecule has 34 heavy (non-hydrogen) atoms. The summed E-state index contributed by atoms with van der Waals surface area (Å²) < 4.78 is 21.3. The first-order valence-electron chi connectivity index (χ1n) is 12.1. The normalized spacial score (nSPS) is 21.0. The summed E-state index contributed by atoms with van der Waals surface area (Å²) in [6.45, 7) is 7.18. The largest absolute Gasteiger partial charge is 0.396 e. The molecule has 2 aromatic heterocycles. The Labute approximate surface area is 209 Å². The first-order valence-corrected chi connectivity index (χ1v) is 12.9. The van der Waals surface area contributed by atoms with Crippen molar-refractivity contribution in [1.82, 2.24) is 9.55 Å². The van der Waals surface area contributed by atoms with Crippen molar-refractivity contribution in [3.63, 3.8) is 0 Å². The van der Waals surface area contributed by atoms with E-state index in [-0.39, 0.29) is 24.7 Å². The first kappa shape index (κ1) is 23.9. The standard InChI is InChI=1S/C27H33BrN2O4/c1-27(2,16-31)23-22-20-15-17(28)6-7-21(20)30(11-14-34-18-8-12-33-13-9-18)25(22)19-5-4-10-29-24(19)26(23)32-3/h4-7,10,15,18,23,26,31H,8-9,11-14,16H2,1-3H3/t23?,26-/m0/s1. The summed E-state index contributed by atoms with van der Waals surface area (Å²) in [4.78, 5) is 4.78.